The van der Waals surface area contributed by atoms with Crippen molar-refractivity contribution in [2.24, 2.45) is 5.73 Å². The minimum absolute atomic E-state index is 0.228. The molecule has 0 spiro atoms. The Labute approximate surface area is 119 Å². The van der Waals surface area contributed by atoms with E-state index in [1.165, 1.54) is 17.1 Å². The quantitative estimate of drug-likeness (QED) is 0.271. The first-order chi connectivity index (χ1) is 9.72. The first kappa shape index (κ1) is 18.7. The van der Waals surface area contributed by atoms with E-state index in [2.05, 4.69) is 0 Å². The Morgan fingerprint density at radius 3 is 2.15 bits per heavy atom. The summed E-state index contributed by atoms with van der Waals surface area (Å²) >= 11 is 0. The van der Waals surface area contributed by atoms with Crippen LogP contribution in [0.15, 0.2) is 12.2 Å². The van der Waals surface area contributed by atoms with Crippen molar-refractivity contribution in [3.63, 3.8) is 0 Å². The van der Waals surface area contributed by atoms with Gasteiger partial charge in [0.25, 0.3) is 0 Å². The van der Waals surface area contributed by atoms with E-state index in [4.69, 9.17) is 19.9 Å². The zero-order valence-electron chi connectivity index (χ0n) is 12.0. The van der Waals surface area contributed by atoms with Crippen molar-refractivity contribution in [2.45, 2.75) is 0 Å². The third-order valence-corrected chi connectivity index (χ3v) is 2.27. The summed E-state index contributed by atoms with van der Waals surface area (Å²) in [6.45, 7) is 3.91. The van der Waals surface area contributed by atoms with Crippen molar-refractivity contribution >= 4 is 12.2 Å². The van der Waals surface area contributed by atoms with Gasteiger partial charge in [0.05, 0.1) is 39.6 Å². The highest BCUT2D eigenvalue weighted by Crippen LogP contribution is 1.88. The van der Waals surface area contributed by atoms with Crippen molar-refractivity contribution in [1.82, 2.24) is 4.90 Å². The van der Waals surface area contributed by atoms with Gasteiger partial charge in [-0.3, -0.25) is 9.59 Å². The Morgan fingerprint density at radius 2 is 1.60 bits per heavy atom. The Balaban J connectivity index is 3.33. The van der Waals surface area contributed by atoms with Crippen LogP contribution in [0.4, 0.5) is 0 Å². The molecule has 0 saturated heterocycles. The molecule has 0 aliphatic heterocycles. The van der Waals surface area contributed by atoms with Crippen LogP contribution in [0, 0.1) is 0 Å². The fraction of sp³-hybridized carbons (Fsp3) is 0.692. The van der Waals surface area contributed by atoms with Gasteiger partial charge >= 0.3 is 0 Å². The zero-order valence-corrected chi connectivity index (χ0v) is 12.0. The van der Waals surface area contributed by atoms with Crippen molar-refractivity contribution < 1.29 is 23.8 Å². The molecule has 0 aromatic rings. The molecule has 0 saturated carbocycles. The number of ether oxygens (including phenoxy) is 3. The number of carbonyl (C=O) groups excluding carboxylic acids is 2. The lowest BCUT2D eigenvalue weighted by molar-refractivity contribution is -0.125. The highest BCUT2D eigenvalue weighted by atomic mass is 16.5. The van der Waals surface area contributed by atoms with Gasteiger partial charge in [-0.25, -0.2) is 0 Å². The maximum Gasteiger partial charge on any atom is 0.246 e. The number of nitrogens with zero attached hydrogens (tertiary/aromatic N) is 1. The molecule has 0 fully saturated rings. The Kier molecular flexibility index (Phi) is 13.2. The summed E-state index contributed by atoms with van der Waals surface area (Å²) in [6.07, 6.45) is 2.95. The summed E-state index contributed by atoms with van der Waals surface area (Å²) in [5, 5.41) is 0. The molecule has 0 bridgehead atoms. The molecule has 1 amide bonds. The second-order valence-electron chi connectivity index (χ2n) is 3.88. The van der Waals surface area contributed by atoms with Gasteiger partial charge in [0.1, 0.15) is 6.29 Å². The maximum atomic E-state index is 11.4. The molecule has 20 heavy (non-hydrogen) atoms. The van der Waals surface area contributed by atoms with E-state index >= 15 is 0 Å². The third kappa shape index (κ3) is 11.8. The fourth-order valence-electron chi connectivity index (χ4n) is 1.19. The number of likely N-dealkylation sites (N-methyl/N-ethyl adjacent to an activating group) is 1. The molecule has 0 unspecified atom stereocenters. The van der Waals surface area contributed by atoms with Gasteiger partial charge in [0.15, 0.2) is 0 Å². The average Bonchev–Trinajstić information content (AvgIpc) is 2.46. The molecule has 0 rings (SSSR count). The number of hydrogen-bond donors (Lipinski definition) is 1. The minimum Gasteiger partial charge on any atom is -0.378 e. The standard InChI is InChI=1S/C13H24N2O5/c1-15(13(17)3-2-6-16)5-8-19-10-12-20-11-9-18-7-4-14/h2-3,6H,4-5,7-12,14H2,1H3/b3-2-. The lowest BCUT2D eigenvalue weighted by atomic mass is 10.4. The van der Waals surface area contributed by atoms with Gasteiger partial charge in [0.2, 0.25) is 5.91 Å². The van der Waals surface area contributed by atoms with Crippen molar-refractivity contribution in [3.8, 4) is 0 Å². The lowest BCUT2D eigenvalue weighted by Gasteiger charge is -2.14. The van der Waals surface area contributed by atoms with Crippen molar-refractivity contribution in [3.05, 3.63) is 12.2 Å². The summed E-state index contributed by atoms with van der Waals surface area (Å²) in [4.78, 5) is 22.9. The number of nitrogens with two attached hydrogens (primary N) is 1. The molecule has 2 N–H and O–H groups in total. The molecule has 7 nitrogen and oxygen atoms in total. The van der Waals surface area contributed by atoms with Gasteiger partial charge in [-0.05, 0) is 6.08 Å². The van der Waals surface area contributed by atoms with Crippen molar-refractivity contribution in [1.29, 1.82) is 0 Å². The van der Waals surface area contributed by atoms with Crippen molar-refractivity contribution in [2.75, 3.05) is 59.8 Å². The summed E-state index contributed by atoms with van der Waals surface area (Å²) < 4.78 is 15.7. The topological polar surface area (TPSA) is 91.1 Å². The lowest BCUT2D eigenvalue weighted by Crippen LogP contribution is -2.29. The molecule has 0 radical (unpaired) electrons. The highest BCUT2D eigenvalue weighted by Gasteiger charge is 2.03. The predicted molar refractivity (Wildman–Crippen MR) is 74.4 cm³/mol. The first-order valence-electron chi connectivity index (χ1n) is 6.52. The van der Waals surface area contributed by atoms with Crippen LogP contribution in [0.25, 0.3) is 0 Å². The fourth-order valence-corrected chi connectivity index (χ4v) is 1.19. The highest BCUT2D eigenvalue weighted by molar-refractivity contribution is 5.90. The van der Waals surface area contributed by atoms with E-state index in [1.54, 1.807) is 7.05 Å². The third-order valence-electron chi connectivity index (χ3n) is 2.27. The Bertz CT molecular complexity index is 284. The smallest absolute Gasteiger partial charge is 0.246 e. The van der Waals surface area contributed by atoms with E-state index < -0.39 is 0 Å². The molecular weight excluding hydrogens is 264 g/mol. The summed E-state index contributed by atoms with van der Waals surface area (Å²) in [6, 6.07) is 0. The number of aldehydes is 1. The van der Waals surface area contributed by atoms with Crippen LogP contribution in [-0.4, -0.2) is 76.9 Å². The summed E-state index contributed by atoms with van der Waals surface area (Å²) in [5.41, 5.74) is 5.26. The Hall–Kier alpha value is -1.28. The van der Waals surface area contributed by atoms with Crippen LogP contribution in [0.1, 0.15) is 0 Å². The van der Waals surface area contributed by atoms with E-state index in [0.29, 0.717) is 59.0 Å². The molecule has 0 aromatic carbocycles. The van der Waals surface area contributed by atoms with E-state index in [-0.39, 0.29) is 5.91 Å². The number of amides is 1. The second kappa shape index (κ2) is 14.1. The van der Waals surface area contributed by atoms with Gasteiger partial charge in [-0.15, -0.1) is 0 Å². The van der Waals surface area contributed by atoms with Crippen LogP contribution in [0.3, 0.4) is 0 Å². The van der Waals surface area contributed by atoms with E-state index in [1.807, 2.05) is 0 Å². The summed E-state index contributed by atoms with van der Waals surface area (Å²) in [5.74, 6) is -0.228. The van der Waals surface area contributed by atoms with Gasteiger partial charge < -0.3 is 24.8 Å². The number of rotatable bonds is 13. The maximum absolute atomic E-state index is 11.4. The minimum atomic E-state index is -0.228. The van der Waals surface area contributed by atoms with Crippen LogP contribution >= 0.6 is 0 Å². The first-order valence-corrected chi connectivity index (χ1v) is 6.52. The molecular formula is C13H24N2O5. The van der Waals surface area contributed by atoms with E-state index in [9.17, 15) is 9.59 Å². The van der Waals surface area contributed by atoms with Crippen LogP contribution in [0.5, 0.6) is 0 Å². The molecule has 0 heterocycles. The molecule has 0 atom stereocenters. The zero-order chi connectivity index (χ0) is 15.1. The average molecular weight is 288 g/mol. The number of allylic oxidation sites excluding steroid dienone is 1. The monoisotopic (exact) mass is 288 g/mol. The van der Waals surface area contributed by atoms with Gasteiger partial charge in [-0.1, -0.05) is 0 Å². The van der Waals surface area contributed by atoms with Crippen LogP contribution in [0.2, 0.25) is 0 Å². The largest absolute Gasteiger partial charge is 0.378 e. The normalized spacial score (nSPS) is 10.9. The molecule has 7 heteroatoms. The SMILES string of the molecule is CN(CCOCCOCCOCCN)C(=O)/C=C\C=O. The Morgan fingerprint density at radius 1 is 1.05 bits per heavy atom. The van der Waals surface area contributed by atoms with Crippen LogP contribution < -0.4 is 5.73 Å². The van der Waals surface area contributed by atoms with E-state index in [0.717, 1.165) is 0 Å². The second-order valence-corrected chi connectivity index (χ2v) is 3.88. The molecule has 0 aromatic heterocycles. The van der Waals surface area contributed by atoms with Crippen LogP contribution in [-0.2, 0) is 23.8 Å². The molecule has 0 aliphatic rings. The summed E-state index contributed by atoms with van der Waals surface area (Å²) in [7, 11) is 1.64. The number of hydrogen-bond acceptors (Lipinski definition) is 6. The van der Waals surface area contributed by atoms with Gasteiger partial charge in [0, 0.05) is 26.2 Å². The molecule has 116 valence electrons. The van der Waals surface area contributed by atoms with Gasteiger partial charge in [-0.2, -0.15) is 0 Å². The number of carbonyl (C=O) groups is 2. The molecule has 0 aliphatic carbocycles. The predicted octanol–water partition coefficient (Wildman–Crippen LogP) is -0.792.